The highest BCUT2D eigenvalue weighted by Crippen LogP contribution is 2.65. The van der Waals surface area contributed by atoms with Crippen LogP contribution in [0.3, 0.4) is 0 Å². The molecule has 0 spiro atoms. The molecular formula is C31H48BN5O6. The highest BCUT2D eigenvalue weighted by molar-refractivity contribution is 6.47. The molecule has 12 heteroatoms. The molecule has 11 nitrogen and oxygen atoms in total. The van der Waals surface area contributed by atoms with Crippen LogP contribution in [0.2, 0.25) is 0 Å². The standard InChI is InChI=1S/C31H48BN5O6/c1-19(2)15-27(32-42-26-18-23-17-25(30(23,4)5)31(26,6)43-32)35-28(39)22(13-10-14-34-29(33)36-37(40)41)16-24(38)20(3)21-11-8-7-9-12-21/h7-9,11-12,19-20,22-23,25-27H,10,13-18H2,1-6H3,(H,35,39)(H3,33,34,36)/t20-,22-,23+,25+,26-,27+,31+/m1/s1. The van der Waals surface area contributed by atoms with E-state index in [4.69, 9.17) is 15.0 Å². The molecule has 0 unspecified atom stereocenters. The number of amides is 1. The van der Waals surface area contributed by atoms with Crippen LogP contribution in [-0.2, 0) is 18.9 Å². The number of rotatable bonds is 14. The van der Waals surface area contributed by atoms with Crippen LogP contribution >= 0.6 is 0 Å². The summed E-state index contributed by atoms with van der Waals surface area (Å²) in [7, 11) is -0.561. The summed E-state index contributed by atoms with van der Waals surface area (Å²) in [6, 6.07) is 9.52. The molecule has 1 amide bonds. The lowest BCUT2D eigenvalue weighted by molar-refractivity contribution is -0.525. The molecule has 7 atom stereocenters. The second kappa shape index (κ2) is 13.3. The Kier molecular flexibility index (Phi) is 10.2. The van der Waals surface area contributed by atoms with Gasteiger partial charge in [-0.05, 0) is 67.8 Å². The van der Waals surface area contributed by atoms with Crippen LogP contribution in [0, 0.1) is 39.2 Å². The van der Waals surface area contributed by atoms with E-state index in [2.05, 4.69) is 44.9 Å². The fourth-order valence-corrected chi connectivity index (χ4v) is 7.46. The monoisotopic (exact) mass is 597 g/mol. The SMILES string of the molecule is CC(C)C[C@H](NC(=O)[C@H](CCCN=C(N)N[N+](=O)[O-])CC(=O)[C@H](C)c1ccccc1)B1O[C@@H]2C[C@@H]3C[C@@H](C3(C)C)[C@]2(C)O1. The minimum Gasteiger partial charge on any atom is -0.404 e. The van der Waals surface area contributed by atoms with Gasteiger partial charge in [0.2, 0.25) is 5.91 Å². The van der Waals surface area contributed by atoms with Crippen LogP contribution in [0.1, 0.15) is 91.5 Å². The molecular weight excluding hydrogens is 549 g/mol. The van der Waals surface area contributed by atoms with Gasteiger partial charge in [0.15, 0.2) is 5.03 Å². The molecule has 1 heterocycles. The van der Waals surface area contributed by atoms with Gasteiger partial charge < -0.3 is 20.4 Å². The smallest absolute Gasteiger partial charge is 0.404 e. The van der Waals surface area contributed by atoms with E-state index in [1.54, 1.807) is 0 Å². The largest absolute Gasteiger partial charge is 0.481 e. The average molecular weight is 598 g/mol. The molecule has 5 rings (SSSR count). The minimum absolute atomic E-state index is 0.000955. The van der Waals surface area contributed by atoms with Gasteiger partial charge in [0.05, 0.1) is 17.6 Å². The lowest BCUT2D eigenvalue weighted by Crippen LogP contribution is -2.65. The third kappa shape index (κ3) is 7.40. The van der Waals surface area contributed by atoms with Gasteiger partial charge >= 0.3 is 7.12 Å². The molecule has 4 aliphatic rings. The van der Waals surface area contributed by atoms with Crippen molar-refractivity contribution < 1.29 is 23.9 Å². The van der Waals surface area contributed by atoms with Crippen LogP contribution in [0.4, 0.5) is 0 Å². The maximum absolute atomic E-state index is 13.9. The number of benzene rings is 1. The summed E-state index contributed by atoms with van der Waals surface area (Å²) < 4.78 is 13.3. The number of ketones is 1. The Morgan fingerprint density at radius 3 is 2.51 bits per heavy atom. The Bertz CT molecular complexity index is 1200. The van der Waals surface area contributed by atoms with Crippen molar-refractivity contribution in [2.24, 2.45) is 39.8 Å². The van der Waals surface area contributed by atoms with Crippen molar-refractivity contribution in [2.45, 2.75) is 104 Å². The maximum atomic E-state index is 13.9. The molecule has 1 aromatic carbocycles. The Balaban J connectivity index is 1.47. The molecule has 1 aliphatic heterocycles. The van der Waals surface area contributed by atoms with Gasteiger partial charge in [-0.2, -0.15) is 0 Å². The van der Waals surface area contributed by atoms with Gasteiger partial charge in [-0.1, -0.05) is 70.4 Å². The molecule has 0 radical (unpaired) electrons. The molecule has 1 aromatic rings. The van der Waals surface area contributed by atoms with Crippen LogP contribution in [0.5, 0.6) is 0 Å². The highest BCUT2D eigenvalue weighted by Gasteiger charge is 2.68. The van der Waals surface area contributed by atoms with Crippen molar-refractivity contribution >= 4 is 24.8 Å². The number of nitrogens with two attached hydrogens (primary N) is 1. The highest BCUT2D eigenvalue weighted by atomic mass is 16.7. The van der Waals surface area contributed by atoms with Gasteiger partial charge in [0.1, 0.15) is 5.78 Å². The van der Waals surface area contributed by atoms with E-state index >= 15 is 0 Å². The molecule has 2 bridgehead atoms. The number of nitrogens with zero attached hydrogens (tertiary/aromatic N) is 2. The lowest BCUT2D eigenvalue weighted by atomic mass is 9.43. The summed E-state index contributed by atoms with van der Waals surface area (Å²) in [6.07, 6.45) is 3.63. The third-order valence-electron chi connectivity index (χ3n) is 10.1. The molecule has 0 aromatic heterocycles. The first-order valence-corrected chi connectivity index (χ1v) is 15.6. The molecule has 3 aliphatic carbocycles. The molecule has 236 valence electrons. The molecule has 43 heavy (non-hydrogen) atoms. The number of carbonyl (C=O) groups is 2. The number of nitrogens with one attached hydrogen (secondary N) is 2. The fraction of sp³-hybridized carbons (Fsp3) is 0.710. The number of Topliss-reactive ketones (excluding diaryl/α,β-unsaturated/α-hetero) is 1. The molecule has 3 saturated carbocycles. The van der Waals surface area contributed by atoms with E-state index in [9.17, 15) is 19.7 Å². The molecule has 4 N–H and O–H groups in total. The number of aliphatic imine (C=N–C) groups is 1. The first-order valence-electron chi connectivity index (χ1n) is 15.6. The quantitative estimate of drug-likeness (QED) is 0.0724. The predicted octanol–water partition coefficient (Wildman–Crippen LogP) is 4.04. The van der Waals surface area contributed by atoms with Crippen molar-refractivity contribution in [3.63, 3.8) is 0 Å². The number of nitro groups is 1. The number of carbonyl (C=O) groups excluding carboxylic acids is 2. The zero-order valence-electron chi connectivity index (χ0n) is 26.4. The summed E-state index contributed by atoms with van der Waals surface area (Å²) >= 11 is 0. The third-order valence-corrected chi connectivity index (χ3v) is 10.1. The fourth-order valence-electron chi connectivity index (χ4n) is 7.46. The normalized spacial score (nSPS) is 27.9. The van der Waals surface area contributed by atoms with Crippen LogP contribution < -0.4 is 16.5 Å². The summed E-state index contributed by atoms with van der Waals surface area (Å²) in [5.41, 5.74) is 8.08. The van der Waals surface area contributed by atoms with Gasteiger partial charge in [-0.3, -0.25) is 9.59 Å². The van der Waals surface area contributed by atoms with Crippen molar-refractivity contribution in [1.29, 1.82) is 0 Å². The van der Waals surface area contributed by atoms with Crippen LogP contribution in [-0.4, -0.2) is 54.0 Å². The van der Waals surface area contributed by atoms with Crippen molar-refractivity contribution in [1.82, 2.24) is 10.7 Å². The summed E-state index contributed by atoms with van der Waals surface area (Å²) in [6.45, 7) is 13.1. The number of hydrogen-bond acceptors (Lipinski definition) is 7. The first kappa shape index (κ1) is 32.9. The van der Waals surface area contributed by atoms with Crippen molar-refractivity contribution in [3.8, 4) is 0 Å². The van der Waals surface area contributed by atoms with Crippen molar-refractivity contribution in [3.05, 3.63) is 46.0 Å². The average Bonchev–Trinajstić information content (AvgIpc) is 3.30. The van der Waals surface area contributed by atoms with E-state index in [0.717, 1.165) is 18.4 Å². The number of hydrogen-bond donors (Lipinski definition) is 3. The topological polar surface area (TPSA) is 158 Å². The second-order valence-corrected chi connectivity index (χ2v) is 13.9. The van der Waals surface area contributed by atoms with Crippen LogP contribution in [0.15, 0.2) is 35.3 Å². The lowest BCUT2D eigenvalue weighted by Gasteiger charge is -2.64. The van der Waals surface area contributed by atoms with Crippen molar-refractivity contribution in [2.75, 3.05) is 6.54 Å². The van der Waals surface area contributed by atoms with E-state index in [0.29, 0.717) is 31.1 Å². The van der Waals surface area contributed by atoms with Gasteiger partial charge in [0.25, 0.3) is 5.96 Å². The van der Waals surface area contributed by atoms with E-state index in [1.165, 1.54) is 0 Å². The minimum atomic E-state index is -0.776. The number of hydrazine groups is 1. The van der Waals surface area contributed by atoms with Gasteiger partial charge in [0, 0.05) is 24.8 Å². The van der Waals surface area contributed by atoms with E-state index in [-0.39, 0.29) is 65.5 Å². The number of guanidine groups is 1. The summed E-state index contributed by atoms with van der Waals surface area (Å²) in [5.74, 6) is -0.583. The van der Waals surface area contributed by atoms with E-state index in [1.807, 2.05) is 42.7 Å². The first-order chi connectivity index (χ1) is 20.2. The zero-order valence-corrected chi connectivity index (χ0v) is 26.4. The predicted molar refractivity (Wildman–Crippen MR) is 165 cm³/mol. The zero-order chi connectivity index (χ0) is 31.5. The van der Waals surface area contributed by atoms with Gasteiger partial charge in [-0.15, -0.1) is 0 Å². The Hall–Kier alpha value is -2.99. The summed E-state index contributed by atoms with van der Waals surface area (Å²) in [5, 5.41) is 13.1. The Morgan fingerprint density at radius 2 is 1.88 bits per heavy atom. The molecule has 1 saturated heterocycles. The second-order valence-electron chi connectivity index (χ2n) is 13.9. The van der Waals surface area contributed by atoms with E-state index < -0.39 is 18.1 Å². The van der Waals surface area contributed by atoms with Crippen LogP contribution in [0.25, 0.3) is 0 Å². The molecule has 4 fully saturated rings. The Labute approximate surface area is 255 Å². The summed E-state index contributed by atoms with van der Waals surface area (Å²) in [4.78, 5) is 41.9. The van der Waals surface area contributed by atoms with Gasteiger partial charge in [-0.25, -0.2) is 15.1 Å². The Morgan fingerprint density at radius 1 is 1.19 bits per heavy atom. The maximum Gasteiger partial charge on any atom is 0.481 e.